The molecule has 3 nitrogen and oxygen atoms in total. The molecule has 2 aromatic rings. The molecule has 0 radical (unpaired) electrons. The van der Waals surface area contributed by atoms with E-state index in [9.17, 15) is 0 Å². The van der Waals surface area contributed by atoms with Gasteiger partial charge in [0.15, 0.2) is 0 Å². The smallest absolute Gasteiger partial charge is 0.0951 e. The van der Waals surface area contributed by atoms with Crippen molar-refractivity contribution in [2.75, 3.05) is 0 Å². The summed E-state index contributed by atoms with van der Waals surface area (Å²) < 4.78 is 0. The van der Waals surface area contributed by atoms with Gasteiger partial charge in [-0.05, 0) is 12.1 Å². The molecule has 1 aromatic heterocycles. The number of benzene rings is 1. The molecule has 0 fully saturated rings. The molecule has 0 aliphatic carbocycles. The normalized spacial score (nSPS) is 10.5. The lowest BCUT2D eigenvalue weighted by Gasteiger charge is -2.06. The number of aromatic nitrogens is 1. The van der Waals surface area contributed by atoms with Gasteiger partial charge in [0.25, 0.3) is 0 Å². The van der Waals surface area contributed by atoms with E-state index >= 15 is 0 Å². The van der Waals surface area contributed by atoms with Crippen LogP contribution in [0.5, 0.6) is 0 Å². The second kappa shape index (κ2) is 3.87. The Bertz CT molecular complexity index is 522. The topological polar surface area (TPSA) is 62.8 Å². The van der Waals surface area contributed by atoms with Gasteiger partial charge in [0.1, 0.15) is 0 Å². The van der Waals surface area contributed by atoms with Crippen molar-refractivity contribution in [2.24, 2.45) is 5.73 Å². The first-order valence-electron chi connectivity index (χ1n) is 4.53. The Kier molecular flexibility index (Phi) is 2.56. The maximum absolute atomic E-state index is 7.30. The Morgan fingerprint density at radius 2 is 2.20 bits per heavy atom. The van der Waals surface area contributed by atoms with Gasteiger partial charge in [-0.1, -0.05) is 23.7 Å². The molecular weight excluding hydrogens is 210 g/mol. The van der Waals surface area contributed by atoms with Crippen molar-refractivity contribution in [3.05, 3.63) is 41.0 Å². The van der Waals surface area contributed by atoms with E-state index in [2.05, 4.69) is 4.98 Å². The lowest BCUT2D eigenvalue weighted by atomic mass is 10.1. The first kappa shape index (κ1) is 9.93. The third-order valence-corrected chi connectivity index (χ3v) is 2.54. The lowest BCUT2D eigenvalue weighted by Crippen LogP contribution is -2.13. The number of nitrogens with two attached hydrogens (primary N) is 1. The van der Waals surface area contributed by atoms with E-state index in [0.717, 1.165) is 16.5 Å². The molecule has 2 rings (SSSR count). The van der Waals surface area contributed by atoms with Gasteiger partial charge in [-0.25, -0.2) is 0 Å². The third kappa shape index (κ3) is 1.92. The van der Waals surface area contributed by atoms with Crippen LogP contribution in [0.1, 0.15) is 5.56 Å². The first-order valence-corrected chi connectivity index (χ1v) is 4.91. The zero-order valence-corrected chi connectivity index (χ0v) is 8.75. The molecule has 0 spiro atoms. The van der Waals surface area contributed by atoms with Crippen LogP contribution in [0.4, 0.5) is 0 Å². The molecule has 0 atom stereocenters. The van der Waals surface area contributed by atoms with Crippen molar-refractivity contribution in [2.45, 2.75) is 6.42 Å². The molecule has 0 aliphatic rings. The zero-order chi connectivity index (χ0) is 10.8. The van der Waals surface area contributed by atoms with Gasteiger partial charge in [-0.3, -0.25) is 10.4 Å². The van der Waals surface area contributed by atoms with Gasteiger partial charge in [-0.15, -0.1) is 0 Å². The van der Waals surface area contributed by atoms with Gasteiger partial charge in [0.05, 0.1) is 11.4 Å². The summed E-state index contributed by atoms with van der Waals surface area (Å²) in [6.45, 7) is 0. The minimum Gasteiger partial charge on any atom is -0.387 e. The fraction of sp³-hybridized carbons (Fsp3) is 0.0909. The highest BCUT2D eigenvalue weighted by Gasteiger charge is 2.07. The summed E-state index contributed by atoms with van der Waals surface area (Å²) in [5, 5.41) is 8.92. The molecule has 0 saturated heterocycles. The number of fused-ring (bicyclic) bond motifs is 1. The Balaban J connectivity index is 2.68. The van der Waals surface area contributed by atoms with E-state index in [4.69, 9.17) is 22.7 Å². The largest absolute Gasteiger partial charge is 0.387 e. The van der Waals surface area contributed by atoms with Crippen LogP contribution < -0.4 is 5.73 Å². The molecule has 0 amide bonds. The van der Waals surface area contributed by atoms with Crippen LogP contribution in [0.15, 0.2) is 30.5 Å². The summed E-state index contributed by atoms with van der Waals surface area (Å²) >= 11 is 6.06. The summed E-state index contributed by atoms with van der Waals surface area (Å²) in [5.74, 6) is 0.0926. The molecule has 15 heavy (non-hydrogen) atoms. The van der Waals surface area contributed by atoms with E-state index in [-0.39, 0.29) is 5.84 Å². The Labute approximate surface area is 92.4 Å². The van der Waals surface area contributed by atoms with E-state index in [0.29, 0.717) is 11.4 Å². The number of halogens is 1. The molecule has 1 aromatic carbocycles. The van der Waals surface area contributed by atoms with Crippen LogP contribution in [0, 0.1) is 5.41 Å². The van der Waals surface area contributed by atoms with Crippen molar-refractivity contribution in [3.8, 4) is 0 Å². The van der Waals surface area contributed by atoms with Gasteiger partial charge in [-0.2, -0.15) is 0 Å². The zero-order valence-electron chi connectivity index (χ0n) is 8.00. The summed E-state index contributed by atoms with van der Waals surface area (Å²) in [6.07, 6.45) is 2.05. The van der Waals surface area contributed by atoms with Gasteiger partial charge >= 0.3 is 0 Å². The van der Waals surface area contributed by atoms with Crippen molar-refractivity contribution >= 4 is 28.3 Å². The Hall–Kier alpha value is -1.61. The SMILES string of the molecule is N=C(N)Cc1c(Cl)ccc2cccnc12. The Morgan fingerprint density at radius 3 is 2.93 bits per heavy atom. The molecule has 0 saturated carbocycles. The standard InChI is InChI=1S/C11H10ClN3/c12-9-4-3-7-2-1-5-15-11(7)8(9)6-10(13)14/h1-5H,6H2,(H3,13,14). The van der Waals surface area contributed by atoms with Crippen LogP contribution >= 0.6 is 11.6 Å². The molecule has 4 heteroatoms. The van der Waals surface area contributed by atoms with E-state index in [1.165, 1.54) is 0 Å². The van der Waals surface area contributed by atoms with Crippen molar-refractivity contribution in [1.82, 2.24) is 4.98 Å². The van der Waals surface area contributed by atoms with Gasteiger partial charge in [0, 0.05) is 28.6 Å². The number of rotatable bonds is 2. The summed E-state index contributed by atoms with van der Waals surface area (Å²) in [5.41, 5.74) is 7.02. The van der Waals surface area contributed by atoms with Gasteiger partial charge in [0.2, 0.25) is 0 Å². The van der Waals surface area contributed by atoms with Gasteiger partial charge < -0.3 is 5.73 Å². The Morgan fingerprint density at radius 1 is 1.40 bits per heavy atom. The van der Waals surface area contributed by atoms with Crippen molar-refractivity contribution in [3.63, 3.8) is 0 Å². The van der Waals surface area contributed by atoms with E-state index in [1.807, 2.05) is 24.3 Å². The van der Waals surface area contributed by atoms with Crippen LogP contribution in [0.3, 0.4) is 0 Å². The number of hydrogen-bond acceptors (Lipinski definition) is 2. The second-order valence-electron chi connectivity index (χ2n) is 3.30. The van der Waals surface area contributed by atoms with Crippen LogP contribution in [0.25, 0.3) is 10.9 Å². The van der Waals surface area contributed by atoms with Crippen molar-refractivity contribution < 1.29 is 0 Å². The summed E-state index contributed by atoms with van der Waals surface area (Å²) in [4.78, 5) is 4.26. The van der Waals surface area contributed by atoms with Crippen LogP contribution in [0.2, 0.25) is 5.02 Å². The molecule has 1 heterocycles. The maximum Gasteiger partial charge on any atom is 0.0951 e. The highest BCUT2D eigenvalue weighted by molar-refractivity contribution is 6.32. The lowest BCUT2D eigenvalue weighted by molar-refractivity contribution is 1.24. The summed E-state index contributed by atoms with van der Waals surface area (Å²) in [7, 11) is 0. The molecule has 0 unspecified atom stereocenters. The average molecular weight is 220 g/mol. The number of amidine groups is 1. The van der Waals surface area contributed by atoms with Crippen LogP contribution in [-0.2, 0) is 6.42 Å². The average Bonchev–Trinajstić information content (AvgIpc) is 2.22. The highest BCUT2D eigenvalue weighted by atomic mass is 35.5. The monoisotopic (exact) mass is 219 g/mol. The minimum atomic E-state index is 0.0926. The molecule has 0 aliphatic heterocycles. The third-order valence-electron chi connectivity index (χ3n) is 2.19. The number of pyridine rings is 1. The van der Waals surface area contributed by atoms with E-state index < -0.39 is 0 Å². The fourth-order valence-electron chi connectivity index (χ4n) is 1.54. The quantitative estimate of drug-likeness (QED) is 0.602. The minimum absolute atomic E-state index is 0.0926. The number of nitrogens with zero attached hydrogens (tertiary/aromatic N) is 1. The molecule has 0 bridgehead atoms. The second-order valence-corrected chi connectivity index (χ2v) is 3.71. The predicted octanol–water partition coefficient (Wildman–Crippen LogP) is 2.37. The maximum atomic E-state index is 7.30. The number of nitrogens with one attached hydrogen (secondary N) is 1. The highest BCUT2D eigenvalue weighted by Crippen LogP contribution is 2.24. The molecule has 76 valence electrons. The number of hydrogen-bond donors (Lipinski definition) is 2. The fourth-order valence-corrected chi connectivity index (χ4v) is 1.76. The molecular formula is C11H10ClN3. The predicted molar refractivity (Wildman–Crippen MR) is 62.4 cm³/mol. The summed E-state index contributed by atoms with van der Waals surface area (Å²) in [6, 6.07) is 7.55. The van der Waals surface area contributed by atoms with Crippen molar-refractivity contribution in [1.29, 1.82) is 5.41 Å². The first-order chi connectivity index (χ1) is 7.18. The van der Waals surface area contributed by atoms with E-state index in [1.54, 1.807) is 6.20 Å². The molecule has 3 N–H and O–H groups in total. The van der Waals surface area contributed by atoms with Crippen LogP contribution in [-0.4, -0.2) is 10.8 Å².